The second-order valence-electron chi connectivity index (χ2n) is 2.58. The van der Waals surface area contributed by atoms with Crippen LogP contribution in [0.3, 0.4) is 0 Å². The first kappa shape index (κ1) is 11.2. The molecule has 0 fully saturated rings. The first-order valence-corrected chi connectivity index (χ1v) is 6.50. The van der Waals surface area contributed by atoms with Crippen molar-refractivity contribution in [2.45, 2.75) is 4.90 Å². The lowest BCUT2D eigenvalue weighted by Gasteiger charge is -2.04. The number of hydrogen-bond acceptors (Lipinski definition) is 7. The molecule has 0 radical (unpaired) electrons. The van der Waals surface area contributed by atoms with E-state index in [1.807, 2.05) is 0 Å². The molecule has 0 spiro atoms. The SMILES string of the molecule is O=S(=O)(Nc1nnns1)c1cnccc1Cl. The maximum absolute atomic E-state index is 11.8. The van der Waals surface area contributed by atoms with E-state index < -0.39 is 10.0 Å². The number of rotatable bonds is 3. The van der Waals surface area contributed by atoms with Crippen molar-refractivity contribution >= 4 is 38.3 Å². The van der Waals surface area contributed by atoms with E-state index in [4.69, 9.17) is 11.6 Å². The minimum atomic E-state index is -3.79. The van der Waals surface area contributed by atoms with Crippen molar-refractivity contribution in [1.82, 2.24) is 19.8 Å². The Bertz CT molecular complexity index is 585. The molecule has 2 heterocycles. The molecule has 0 saturated carbocycles. The van der Waals surface area contributed by atoms with Crippen LogP contribution in [0.2, 0.25) is 5.02 Å². The molecular formula is C6H4ClN5O2S2. The van der Waals surface area contributed by atoms with Gasteiger partial charge in [-0.05, 0) is 11.3 Å². The lowest BCUT2D eigenvalue weighted by Crippen LogP contribution is -2.13. The van der Waals surface area contributed by atoms with Gasteiger partial charge in [-0.15, -0.1) is 0 Å². The Balaban J connectivity index is 2.37. The number of aromatic nitrogens is 4. The molecule has 0 aliphatic heterocycles. The first-order valence-electron chi connectivity index (χ1n) is 3.87. The predicted octanol–water partition coefficient (Wildman–Crippen LogP) is 0.782. The molecule has 0 bridgehead atoms. The maximum atomic E-state index is 11.8. The summed E-state index contributed by atoms with van der Waals surface area (Å²) >= 11 is 6.57. The van der Waals surface area contributed by atoms with Crippen molar-refractivity contribution in [3.05, 3.63) is 23.5 Å². The predicted molar refractivity (Wildman–Crippen MR) is 57.8 cm³/mol. The molecule has 2 aromatic rings. The van der Waals surface area contributed by atoms with Crippen LogP contribution in [0.25, 0.3) is 0 Å². The second-order valence-corrected chi connectivity index (χ2v) is 5.37. The highest BCUT2D eigenvalue weighted by atomic mass is 35.5. The van der Waals surface area contributed by atoms with Crippen LogP contribution in [0.4, 0.5) is 5.13 Å². The molecule has 84 valence electrons. The average Bonchev–Trinajstić information content (AvgIpc) is 2.70. The van der Waals surface area contributed by atoms with E-state index in [1.54, 1.807) is 0 Å². The lowest BCUT2D eigenvalue weighted by atomic mass is 10.5. The summed E-state index contributed by atoms with van der Waals surface area (Å²) in [6.07, 6.45) is 2.55. The van der Waals surface area contributed by atoms with Gasteiger partial charge in [-0.25, -0.2) is 8.42 Å². The summed E-state index contributed by atoms with van der Waals surface area (Å²) < 4.78 is 29.2. The molecule has 1 N–H and O–H groups in total. The highest BCUT2D eigenvalue weighted by Gasteiger charge is 2.19. The Morgan fingerprint density at radius 1 is 1.44 bits per heavy atom. The second kappa shape index (κ2) is 4.28. The lowest BCUT2D eigenvalue weighted by molar-refractivity contribution is 0.600. The minimum Gasteiger partial charge on any atom is -0.263 e. The van der Waals surface area contributed by atoms with E-state index in [9.17, 15) is 8.42 Å². The molecule has 0 aliphatic rings. The third-order valence-corrected chi connectivity index (χ3v) is 3.99. The fourth-order valence-electron chi connectivity index (χ4n) is 0.904. The highest BCUT2D eigenvalue weighted by Crippen LogP contribution is 2.22. The quantitative estimate of drug-likeness (QED) is 0.890. The maximum Gasteiger partial charge on any atom is 0.266 e. The topological polar surface area (TPSA) is 97.7 Å². The van der Waals surface area contributed by atoms with Crippen molar-refractivity contribution in [3.8, 4) is 0 Å². The zero-order valence-electron chi connectivity index (χ0n) is 7.53. The molecule has 0 aromatic carbocycles. The Kier molecular flexibility index (Phi) is 2.99. The van der Waals surface area contributed by atoms with Crippen LogP contribution in [0.5, 0.6) is 0 Å². The fraction of sp³-hybridized carbons (Fsp3) is 0. The summed E-state index contributed by atoms with van der Waals surface area (Å²) in [5, 5.41) is 6.88. The normalized spacial score (nSPS) is 11.3. The molecule has 0 aliphatic carbocycles. The van der Waals surface area contributed by atoms with Crippen LogP contribution in [0.15, 0.2) is 23.4 Å². The number of anilines is 1. The van der Waals surface area contributed by atoms with E-state index in [1.165, 1.54) is 12.3 Å². The van der Waals surface area contributed by atoms with Crippen LogP contribution in [0.1, 0.15) is 0 Å². The summed E-state index contributed by atoms with van der Waals surface area (Å²) in [4.78, 5) is 3.57. The number of hydrogen-bond donors (Lipinski definition) is 1. The Morgan fingerprint density at radius 2 is 2.25 bits per heavy atom. The number of nitrogens with zero attached hydrogens (tertiary/aromatic N) is 4. The van der Waals surface area contributed by atoms with Crippen molar-refractivity contribution in [2.75, 3.05) is 4.72 Å². The Labute approximate surface area is 99.7 Å². The number of pyridine rings is 1. The van der Waals surface area contributed by atoms with Gasteiger partial charge in [-0.3, -0.25) is 9.71 Å². The third kappa shape index (κ3) is 2.26. The largest absolute Gasteiger partial charge is 0.266 e. The van der Waals surface area contributed by atoms with Crippen LogP contribution >= 0.6 is 23.1 Å². The van der Waals surface area contributed by atoms with Gasteiger partial charge < -0.3 is 0 Å². The molecule has 0 amide bonds. The molecule has 0 saturated heterocycles. The molecular weight excluding hydrogens is 274 g/mol. The zero-order chi connectivity index (χ0) is 11.6. The molecule has 0 atom stereocenters. The van der Waals surface area contributed by atoms with Gasteiger partial charge in [0.05, 0.1) is 5.02 Å². The van der Waals surface area contributed by atoms with Crippen molar-refractivity contribution in [3.63, 3.8) is 0 Å². The highest BCUT2D eigenvalue weighted by molar-refractivity contribution is 7.93. The van der Waals surface area contributed by atoms with Gasteiger partial charge >= 0.3 is 0 Å². The van der Waals surface area contributed by atoms with Gasteiger partial charge in [0.2, 0.25) is 5.13 Å². The molecule has 0 unspecified atom stereocenters. The van der Waals surface area contributed by atoms with Crippen molar-refractivity contribution < 1.29 is 8.42 Å². The third-order valence-electron chi connectivity index (χ3n) is 1.54. The Hall–Kier alpha value is -1.32. The summed E-state index contributed by atoms with van der Waals surface area (Å²) in [5.41, 5.74) is 0. The number of sulfonamides is 1. The molecule has 16 heavy (non-hydrogen) atoms. The van der Waals surface area contributed by atoms with E-state index in [-0.39, 0.29) is 15.0 Å². The molecule has 2 aromatic heterocycles. The van der Waals surface area contributed by atoms with Gasteiger partial charge in [0.1, 0.15) is 4.90 Å². The number of nitrogens with one attached hydrogen (secondary N) is 1. The van der Waals surface area contributed by atoms with Crippen molar-refractivity contribution in [1.29, 1.82) is 0 Å². The van der Waals surface area contributed by atoms with Crippen LogP contribution in [-0.4, -0.2) is 28.2 Å². The van der Waals surface area contributed by atoms with E-state index in [0.29, 0.717) is 0 Å². The van der Waals surface area contributed by atoms with Crippen LogP contribution in [-0.2, 0) is 10.0 Å². The summed E-state index contributed by atoms with van der Waals surface area (Å²) in [6, 6.07) is 1.38. The van der Waals surface area contributed by atoms with Gasteiger partial charge in [0.15, 0.2) is 0 Å². The Morgan fingerprint density at radius 3 is 2.88 bits per heavy atom. The fourth-order valence-corrected chi connectivity index (χ4v) is 2.92. The van der Waals surface area contributed by atoms with Gasteiger partial charge in [0, 0.05) is 23.9 Å². The van der Waals surface area contributed by atoms with E-state index in [0.717, 1.165) is 17.7 Å². The van der Waals surface area contributed by atoms with E-state index in [2.05, 4.69) is 24.5 Å². The zero-order valence-corrected chi connectivity index (χ0v) is 9.92. The smallest absolute Gasteiger partial charge is 0.263 e. The van der Waals surface area contributed by atoms with E-state index >= 15 is 0 Å². The van der Waals surface area contributed by atoms with Crippen molar-refractivity contribution in [2.24, 2.45) is 0 Å². The first-order chi connectivity index (χ1) is 7.59. The summed E-state index contributed by atoms with van der Waals surface area (Å²) in [7, 11) is -3.79. The molecule has 2 rings (SSSR count). The summed E-state index contributed by atoms with van der Waals surface area (Å²) in [6.45, 7) is 0. The monoisotopic (exact) mass is 277 g/mol. The van der Waals surface area contributed by atoms with Crippen LogP contribution in [0, 0.1) is 0 Å². The summed E-state index contributed by atoms with van der Waals surface area (Å²) in [5.74, 6) is 0. The average molecular weight is 278 g/mol. The minimum absolute atomic E-state index is 0.0694. The van der Waals surface area contributed by atoms with Gasteiger partial charge in [-0.2, -0.15) is 0 Å². The number of halogens is 1. The van der Waals surface area contributed by atoms with Gasteiger partial charge in [0.25, 0.3) is 10.0 Å². The van der Waals surface area contributed by atoms with Gasteiger partial charge in [-0.1, -0.05) is 21.2 Å². The molecule has 10 heteroatoms. The standard InChI is InChI=1S/C6H4ClN5O2S2/c7-4-1-2-8-3-5(4)16(13,14)10-6-9-11-12-15-6/h1-3H,(H,9,10,12). The molecule has 7 nitrogen and oxygen atoms in total. The van der Waals surface area contributed by atoms with Crippen LogP contribution < -0.4 is 4.72 Å².